The van der Waals surface area contributed by atoms with Gasteiger partial charge in [0, 0.05) is 19.6 Å². The first-order chi connectivity index (χ1) is 9.53. The molecule has 1 aromatic heterocycles. The van der Waals surface area contributed by atoms with Gasteiger partial charge in [0.2, 0.25) is 10.0 Å². The lowest BCUT2D eigenvalue weighted by molar-refractivity contribution is 0.0941. The van der Waals surface area contributed by atoms with Crippen LogP contribution in [0.25, 0.3) is 0 Å². The van der Waals surface area contributed by atoms with Crippen molar-refractivity contribution in [1.82, 2.24) is 9.62 Å². The maximum absolute atomic E-state index is 11.9. The first kappa shape index (κ1) is 15.1. The van der Waals surface area contributed by atoms with E-state index in [1.165, 1.54) is 16.8 Å². The fraction of sp³-hybridized carbons (Fsp3) is 0.615. The van der Waals surface area contributed by atoms with Crippen LogP contribution in [0.4, 0.5) is 0 Å². The molecule has 0 radical (unpaired) electrons. The van der Waals surface area contributed by atoms with Gasteiger partial charge in [-0.25, -0.2) is 12.7 Å². The molecule has 0 aromatic carbocycles. The fourth-order valence-corrected chi connectivity index (χ4v) is 3.57. The molecule has 112 valence electrons. The quantitative estimate of drug-likeness (QED) is 0.882. The second-order valence-electron chi connectivity index (χ2n) is 4.99. The molecule has 0 aliphatic carbocycles. The van der Waals surface area contributed by atoms with Crippen LogP contribution in [0, 0.1) is 5.92 Å². The van der Waals surface area contributed by atoms with Crippen molar-refractivity contribution in [3.63, 3.8) is 0 Å². The summed E-state index contributed by atoms with van der Waals surface area (Å²) in [6, 6.07) is 1.60. The van der Waals surface area contributed by atoms with Gasteiger partial charge in [-0.05, 0) is 31.7 Å². The van der Waals surface area contributed by atoms with Gasteiger partial charge in [0.15, 0.2) is 0 Å². The number of piperidine rings is 1. The van der Waals surface area contributed by atoms with Crippen molar-refractivity contribution in [3.8, 4) is 0 Å². The summed E-state index contributed by atoms with van der Waals surface area (Å²) in [5, 5.41) is 2.82. The van der Waals surface area contributed by atoms with Crippen LogP contribution in [0.15, 0.2) is 23.0 Å². The lowest BCUT2D eigenvalue weighted by Gasteiger charge is -2.31. The van der Waals surface area contributed by atoms with Crippen LogP contribution in [-0.2, 0) is 10.0 Å². The van der Waals surface area contributed by atoms with E-state index in [1.807, 2.05) is 0 Å². The molecule has 1 fully saturated rings. The Morgan fingerprint density at radius 1 is 1.55 bits per heavy atom. The number of nitrogens with one attached hydrogen (secondary N) is 1. The highest BCUT2D eigenvalue weighted by Crippen LogP contribution is 2.19. The number of sulfonamides is 1. The van der Waals surface area contributed by atoms with Crippen molar-refractivity contribution in [2.75, 3.05) is 25.4 Å². The molecule has 1 N–H and O–H groups in total. The number of amides is 1. The third kappa shape index (κ3) is 3.61. The van der Waals surface area contributed by atoms with Gasteiger partial charge in [-0.1, -0.05) is 0 Å². The van der Waals surface area contributed by atoms with E-state index in [2.05, 4.69) is 5.32 Å². The topological polar surface area (TPSA) is 79.6 Å². The van der Waals surface area contributed by atoms with Crippen LogP contribution < -0.4 is 5.32 Å². The molecule has 20 heavy (non-hydrogen) atoms. The summed E-state index contributed by atoms with van der Waals surface area (Å²) in [6.07, 6.45) is 4.61. The largest absolute Gasteiger partial charge is 0.472 e. The number of nitrogens with zero attached hydrogens (tertiary/aromatic N) is 1. The maximum atomic E-state index is 11.9. The lowest BCUT2D eigenvalue weighted by atomic mass is 9.99. The zero-order valence-corrected chi connectivity index (χ0v) is 12.4. The number of rotatable bonds is 5. The summed E-state index contributed by atoms with van der Waals surface area (Å²) in [5.41, 5.74) is 0.485. The Morgan fingerprint density at radius 3 is 3.00 bits per heavy atom. The number of hydrogen-bond donors (Lipinski definition) is 1. The molecule has 1 aromatic rings. The minimum atomic E-state index is -3.13. The van der Waals surface area contributed by atoms with E-state index in [4.69, 9.17) is 4.42 Å². The van der Waals surface area contributed by atoms with E-state index >= 15 is 0 Å². The zero-order valence-electron chi connectivity index (χ0n) is 11.5. The van der Waals surface area contributed by atoms with Gasteiger partial charge < -0.3 is 9.73 Å². The van der Waals surface area contributed by atoms with E-state index in [0.717, 1.165) is 12.8 Å². The average Bonchev–Trinajstić information content (AvgIpc) is 2.99. The van der Waals surface area contributed by atoms with Crippen LogP contribution >= 0.6 is 0 Å². The van der Waals surface area contributed by atoms with Gasteiger partial charge in [0.1, 0.15) is 6.26 Å². The van der Waals surface area contributed by atoms with E-state index < -0.39 is 10.0 Å². The van der Waals surface area contributed by atoms with Crippen LogP contribution in [-0.4, -0.2) is 44.0 Å². The van der Waals surface area contributed by atoms with Crippen molar-refractivity contribution in [2.45, 2.75) is 19.8 Å². The van der Waals surface area contributed by atoms with Crippen LogP contribution in [0.3, 0.4) is 0 Å². The van der Waals surface area contributed by atoms with Gasteiger partial charge in [-0.3, -0.25) is 4.79 Å². The SMILES string of the molecule is CCS(=O)(=O)N1CCCC(CNC(=O)c2ccoc2)C1. The third-order valence-electron chi connectivity index (χ3n) is 3.57. The molecule has 1 unspecified atom stereocenters. The molecule has 1 saturated heterocycles. The van der Waals surface area contributed by atoms with Crippen molar-refractivity contribution >= 4 is 15.9 Å². The Kier molecular flexibility index (Phi) is 4.82. The first-order valence-electron chi connectivity index (χ1n) is 6.81. The van der Waals surface area contributed by atoms with Gasteiger partial charge in [-0.2, -0.15) is 0 Å². The molecule has 0 bridgehead atoms. The minimum Gasteiger partial charge on any atom is -0.472 e. The van der Waals surface area contributed by atoms with E-state index in [1.54, 1.807) is 13.0 Å². The molecule has 2 rings (SSSR count). The van der Waals surface area contributed by atoms with E-state index in [0.29, 0.717) is 25.2 Å². The maximum Gasteiger partial charge on any atom is 0.254 e. The molecule has 7 heteroatoms. The Hall–Kier alpha value is -1.34. The van der Waals surface area contributed by atoms with E-state index in [9.17, 15) is 13.2 Å². The van der Waals surface area contributed by atoms with Crippen LogP contribution in [0.2, 0.25) is 0 Å². The normalized spacial score (nSPS) is 20.8. The summed E-state index contributed by atoms with van der Waals surface area (Å²) >= 11 is 0. The molecule has 6 nitrogen and oxygen atoms in total. The smallest absolute Gasteiger partial charge is 0.254 e. The number of carbonyl (C=O) groups excluding carboxylic acids is 1. The molecular formula is C13H20N2O4S. The zero-order chi connectivity index (χ0) is 14.6. The van der Waals surface area contributed by atoms with Gasteiger partial charge in [0.25, 0.3) is 5.91 Å². The van der Waals surface area contributed by atoms with Gasteiger partial charge >= 0.3 is 0 Å². The Morgan fingerprint density at radius 2 is 2.35 bits per heavy atom. The molecular weight excluding hydrogens is 280 g/mol. The summed E-state index contributed by atoms with van der Waals surface area (Å²) in [6.45, 7) is 3.21. The Labute approximate surface area is 119 Å². The number of furan rings is 1. The average molecular weight is 300 g/mol. The molecule has 1 aliphatic heterocycles. The highest BCUT2D eigenvalue weighted by molar-refractivity contribution is 7.89. The minimum absolute atomic E-state index is 0.126. The molecule has 1 aliphatic rings. The fourth-order valence-electron chi connectivity index (χ4n) is 2.36. The Bertz CT molecular complexity index is 539. The third-order valence-corrected chi connectivity index (χ3v) is 5.42. The summed E-state index contributed by atoms with van der Waals surface area (Å²) in [4.78, 5) is 11.8. The molecule has 2 heterocycles. The molecule has 0 saturated carbocycles. The summed E-state index contributed by atoms with van der Waals surface area (Å²) in [7, 11) is -3.13. The second kappa shape index (κ2) is 6.41. The summed E-state index contributed by atoms with van der Waals surface area (Å²) < 4.78 is 30.1. The molecule has 1 atom stereocenters. The summed E-state index contributed by atoms with van der Waals surface area (Å²) in [5.74, 6) is 0.108. The van der Waals surface area contributed by atoms with Crippen LogP contribution in [0.1, 0.15) is 30.1 Å². The van der Waals surface area contributed by atoms with Crippen LogP contribution in [0.5, 0.6) is 0 Å². The predicted octanol–water partition coefficient (Wildman–Crippen LogP) is 1.07. The van der Waals surface area contributed by atoms with Gasteiger partial charge in [0.05, 0.1) is 17.6 Å². The standard InChI is InChI=1S/C13H20N2O4S/c1-2-20(17,18)15-6-3-4-11(9-15)8-14-13(16)12-5-7-19-10-12/h5,7,10-11H,2-4,6,8-9H2,1H3,(H,14,16). The van der Waals surface area contributed by atoms with Crippen molar-refractivity contribution in [2.24, 2.45) is 5.92 Å². The van der Waals surface area contributed by atoms with Crippen molar-refractivity contribution in [3.05, 3.63) is 24.2 Å². The highest BCUT2D eigenvalue weighted by Gasteiger charge is 2.27. The second-order valence-corrected chi connectivity index (χ2v) is 7.25. The van der Waals surface area contributed by atoms with Gasteiger partial charge in [-0.15, -0.1) is 0 Å². The van der Waals surface area contributed by atoms with Crippen molar-refractivity contribution < 1.29 is 17.6 Å². The predicted molar refractivity (Wildman–Crippen MR) is 74.8 cm³/mol. The Balaban J connectivity index is 1.86. The van der Waals surface area contributed by atoms with Crippen molar-refractivity contribution in [1.29, 1.82) is 0 Å². The molecule has 1 amide bonds. The molecule has 0 spiro atoms. The monoisotopic (exact) mass is 300 g/mol. The number of carbonyl (C=O) groups is 1. The lowest BCUT2D eigenvalue weighted by Crippen LogP contribution is -2.44. The first-order valence-corrected chi connectivity index (χ1v) is 8.42. The highest BCUT2D eigenvalue weighted by atomic mass is 32.2. The van der Waals surface area contributed by atoms with E-state index in [-0.39, 0.29) is 17.6 Å². The number of hydrogen-bond acceptors (Lipinski definition) is 4.